The number of rotatable bonds is 4. The Bertz CT molecular complexity index is 705. The second-order valence-electron chi connectivity index (χ2n) is 4.58. The Morgan fingerprint density at radius 3 is 2.75 bits per heavy atom. The van der Waals surface area contributed by atoms with E-state index >= 15 is 0 Å². The van der Waals surface area contributed by atoms with Gasteiger partial charge in [-0.3, -0.25) is 9.82 Å². The van der Waals surface area contributed by atoms with Crippen molar-refractivity contribution in [3.05, 3.63) is 15.7 Å². The molecule has 3 rings (SSSR count). The van der Waals surface area contributed by atoms with Crippen LogP contribution in [0, 0.1) is 0 Å². The fourth-order valence-corrected chi connectivity index (χ4v) is 5.17. The molecule has 2 aromatic heterocycles. The summed E-state index contributed by atoms with van der Waals surface area (Å²) in [5.74, 6) is 0.421. The molecule has 20 heavy (non-hydrogen) atoms. The van der Waals surface area contributed by atoms with Crippen LogP contribution in [0.25, 0.3) is 0 Å². The van der Waals surface area contributed by atoms with Crippen LogP contribution in [0.15, 0.2) is 15.7 Å². The zero-order valence-corrected chi connectivity index (χ0v) is 13.6. The average molecular weight is 378 g/mol. The molecule has 10 heteroatoms. The minimum Gasteiger partial charge on any atom is -0.265 e. The van der Waals surface area contributed by atoms with Crippen LogP contribution >= 0.6 is 27.3 Å². The van der Waals surface area contributed by atoms with Crippen molar-refractivity contribution in [3.63, 3.8) is 0 Å². The first-order chi connectivity index (χ1) is 9.56. The van der Waals surface area contributed by atoms with Crippen LogP contribution in [0.4, 0.5) is 5.13 Å². The van der Waals surface area contributed by atoms with Crippen LogP contribution < -0.4 is 4.72 Å². The lowest BCUT2D eigenvalue weighted by Crippen LogP contribution is -2.13. The lowest BCUT2D eigenvalue weighted by molar-refractivity contribution is 0.596. The van der Waals surface area contributed by atoms with Crippen molar-refractivity contribution in [2.45, 2.75) is 36.6 Å². The van der Waals surface area contributed by atoms with Crippen molar-refractivity contribution < 1.29 is 8.42 Å². The van der Waals surface area contributed by atoms with Gasteiger partial charge in [-0.25, -0.2) is 0 Å². The molecule has 0 radical (unpaired) electrons. The summed E-state index contributed by atoms with van der Waals surface area (Å²) in [6, 6.07) is 0. The van der Waals surface area contributed by atoms with Crippen molar-refractivity contribution >= 4 is 42.4 Å². The van der Waals surface area contributed by atoms with E-state index in [-0.39, 0.29) is 10.2 Å². The summed E-state index contributed by atoms with van der Waals surface area (Å²) >= 11 is 4.43. The summed E-state index contributed by atoms with van der Waals surface area (Å²) in [5.41, 5.74) is 0. The second kappa shape index (κ2) is 5.41. The van der Waals surface area contributed by atoms with Gasteiger partial charge in [0, 0.05) is 5.92 Å². The molecular formula is C10H12BrN5O2S2. The highest BCUT2D eigenvalue weighted by molar-refractivity contribution is 9.10. The van der Waals surface area contributed by atoms with Crippen molar-refractivity contribution in [1.29, 1.82) is 0 Å². The van der Waals surface area contributed by atoms with Gasteiger partial charge in [0.2, 0.25) is 5.13 Å². The molecule has 2 aromatic rings. The highest BCUT2D eigenvalue weighted by Crippen LogP contribution is 2.36. The van der Waals surface area contributed by atoms with Gasteiger partial charge in [0.05, 0.1) is 10.7 Å². The van der Waals surface area contributed by atoms with Crippen molar-refractivity contribution in [2.24, 2.45) is 0 Å². The van der Waals surface area contributed by atoms with Crippen LogP contribution in [0.3, 0.4) is 0 Å². The van der Waals surface area contributed by atoms with Crippen molar-refractivity contribution in [3.8, 4) is 0 Å². The van der Waals surface area contributed by atoms with Gasteiger partial charge in [0.15, 0.2) is 5.03 Å². The predicted octanol–water partition coefficient (Wildman–Crippen LogP) is 2.48. The highest BCUT2D eigenvalue weighted by atomic mass is 79.9. The average Bonchev–Trinajstić information content (AvgIpc) is 3.06. The molecular weight excluding hydrogens is 366 g/mol. The van der Waals surface area contributed by atoms with E-state index in [0.717, 1.165) is 17.8 Å². The summed E-state index contributed by atoms with van der Waals surface area (Å²) in [6.07, 6.45) is 6.00. The zero-order valence-electron chi connectivity index (χ0n) is 10.3. The molecule has 2 N–H and O–H groups in total. The molecule has 1 fully saturated rings. The predicted molar refractivity (Wildman–Crippen MR) is 78.2 cm³/mol. The molecule has 0 amide bonds. The highest BCUT2D eigenvalue weighted by Gasteiger charge is 2.24. The monoisotopic (exact) mass is 377 g/mol. The van der Waals surface area contributed by atoms with Gasteiger partial charge < -0.3 is 0 Å². The number of nitrogens with zero attached hydrogens (tertiary/aromatic N) is 3. The van der Waals surface area contributed by atoms with E-state index in [2.05, 4.69) is 41.0 Å². The van der Waals surface area contributed by atoms with Gasteiger partial charge in [-0.05, 0) is 28.8 Å². The number of halogens is 1. The maximum atomic E-state index is 12.1. The first-order valence-corrected chi connectivity index (χ1v) is 9.20. The Hall–Kier alpha value is -1.00. The van der Waals surface area contributed by atoms with Gasteiger partial charge in [0.25, 0.3) is 10.0 Å². The molecule has 0 unspecified atom stereocenters. The molecule has 1 aliphatic carbocycles. The quantitative estimate of drug-likeness (QED) is 0.851. The third-order valence-corrected chi connectivity index (χ3v) is 6.50. The number of anilines is 1. The van der Waals surface area contributed by atoms with Crippen LogP contribution in [0.2, 0.25) is 0 Å². The van der Waals surface area contributed by atoms with Gasteiger partial charge in [-0.15, -0.1) is 10.2 Å². The molecule has 0 bridgehead atoms. The van der Waals surface area contributed by atoms with Crippen molar-refractivity contribution in [1.82, 2.24) is 20.4 Å². The Kier molecular flexibility index (Phi) is 3.78. The maximum Gasteiger partial charge on any atom is 0.281 e. The van der Waals surface area contributed by atoms with E-state index < -0.39 is 10.0 Å². The Morgan fingerprint density at radius 1 is 1.35 bits per heavy atom. The third-order valence-electron chi connectivity index (χ3n) is 3.20. The largest absolute Gasteiger partial charge is 0.281 e. The topological polar surface area (TPSA) is 101 Å². The van der Waals surface area contributed by atoms with Crippen LogP contribution in [-0.2, 0) is 10.0 Å². The molecule has 2 heterocycles. The number of sulfonamides is 1. The molecule has 0 aliphatic heterocycles. The van der Waals surface area contributed by atoms with Gasteiger partial charge in [-0.1, -0.05) is 24.2 Å². The molecule has 0 atom stereocenters. The van der Waals surface area contributed by atoms with Crippen LogP contribution in [0.1, 0.15) is 36.6 Å². The summed E-state index contributed by atoms with van der Waals surface area (Å²) in [5, 5.41) is 15.3. The number of aromatic nitrogens is 4. The number of H-pyrrole nitrogens is 1. The zero-order chi connectivity index (χ0) is 14.2. The van der Waals surface area contributed by atoms with Gasteiger partial charge >= 0.3 is 0 Å². The Balaban J connectivity index is 1.79. The fourth-order valence-electron chi connectivity index (χ4n) is 2.23. The van der Waals surface area contributed by atoms with Gasteiger partial charge in [-0.2, -0.15) is 13.5 Å². The number of aromatic amines is 1. The fraction of sp³-hybridized carbons (Fsp3) is 0.500. The SMILES string of the molecule is O=S(=O)(Nc1nnc(C2CCCC2)s1)c1[nH]ncc1Br. The number of nitrogens with one attached hydrogen (secondary N) is 2. The first kappa shape index (κ1) is 14.0. The van der Waals surface area contributed by atoms with E-state index in [1.54, 1.807) is 0 Å². The lowest BCUT2D eigenvalue weighted by Gasteiger charge is -2.03. The number of hydrogen-bond acceptors (Lipinski definition) is 6. The molecule has 0 saturated heterocycles. The minimum atomic E-state index is -3.72. The number of hydrogen-bond donors (Lipinski definition) is 2. The van der Waals surface area contributed by atoms with Crippen LogP contribution in [-0.4, -0.2) is 28.8 Å². The molecule has 0 aromatic carbocycles. The van der Waals surface area contributed by atoms with E-state index in [1.165, 1.54) is 30.4 Å². The molecule has 1 saturated carbocycles. The summed E-state index contributed by atoms with van der Waals surface area (Å²) in [7, 11) is -3.72. The molecule has 108 valence electrons. The van der Waals surface area contributed by atoms with Gasteiger partial charge in [0.1, 0.15) is 5.01 Å². The Morgan fingerprint density at radius 2 is 2.10 bits per heavy atom. The summed E-state index contributed by atoms with van der Waals surface area (Å²) in [6.45, 7) is 0. The van der Waals surface area contributed by atoms with E-state index in [9.17, 15) is 8.42 Å². The Labute approximate surface area is 128 Å². The maximum absolute atomic E-state index is 12.1. The lowest BCUT2D eigenvalue weighted by atomic mass is 10.1. The van der Waals surface area contributed by atoms with Crippen molar-refractivity contribution in [2.75, 3.05) is 4.72 Å². The smallest absolute Gasteiger partial charge is 0.265 e. The normalized spacial score (nSPS) is 16.6. The molecule has 1 aliphatic rings. The van der Waals surface area contributed by atoms with E-state index in [1.807, 2.05) is 0 Å². The first-order valence-electron chi connectivity index (χ1n) is 6.11. The second-order valence-corrected chi connectivity index (χ2v) is 8.06. The van der Waals surface area contributed by atoms with E-state index in [0.29, 0.717) is 10.4 Å². The van der Waals surface area contributed by atoms with Crippen LogP contribution in [0.5, 0.6) is 0 Å². The summed E-state index contributed by atoms with van der Waals surface area (Å²) in [4.78, 5) is 0. The third kappa shape index (κ3) is 2.72. The summed E-state index contributed by atoms with van der Waals surface area (Å²) < 4.78 is 27.1. The van der Waals surface area contributed by atoms with E-state index in [4.69, 9.17) is 0 Å². The minimum absolute atomic E-state index is 0.0184. The standard InChI is InChI=1S/C10H12BrN5O2S2/c11-7-5-12-14-9(7)20(17,18)16-10-15-13-8(19-10)6-3-1-2-4-6/h5-6H,1-4H2,(H,12,14)(H,15,16). The molecule has 7 nitrogen and oxygen atoms in total. The molecule has 0 spiro atoms.